The van der Waals surface area contributed by atoms with Crippen LogP contribution in [0.15, 0.2) is 12.3 Å². The molecule has 118 valence electrons. The van der Waals surface area contributed by atoms with Crippen molar-refractivity contribution >= 4 is 5.82 Å². The summed E-state index contributed by atoms with van der Waals surface area (Å²) in [7, 11) is 2.10. The Kier molecular flexibility index (Phi) is 5.97. The smallest absolute Gasteiger partial charge is 0.141 e. The highest BCUT2D eigenvalue weighted by molar-refractivity contribution is 5.47. The zero-order chi connectivity index (χ0) is 15.2. The summed E-state index contributed by atoms with van der Waals surface area (Å²) >= 11 is 0. The summed E-state index contributed by atoms with van der Waals surface area (Å²) in [6, 6.07) is 2.14. The maximum atomic E-state index is 13.5. The van der Waals surface area contributed by atoms with Crippen molar-refractivity contribution in [2.45, 2.75) is 58.5 Å². The molecule has 1 fully saturated rings. The summed E-state index contributed by atoms with van der Waals surface area (Å²) < 4.78 is 13.5. The van der Waals surface area contributed by atoms with Gasteiger partial charge in [-0.3, -0.25) is 0 Å². The molecule has 2 rings (SSSR count). The second-order valence-electron chi connectivity index (χ2n) is 6.11. The van der Waals surface area contributed by atoms with Crippen LogP contribution in [0.4, 0.5) is 10.2 Å². The molecule has 0 bridgehead atoms. The number of hydrogen-bond donors (Lipinski definition) is 1. The molecular weight excluding hydrogens is 265 g/mol. The third-order valence-electron chi connectivity index (χ3n) is 4.75. The largest absolute Gasteiger partial charge is 0.356 e. The highest BCUT2D eigenvalue weighted by Gasteiger charge is 2.25. The Balaban J connectivity index is 2.09. The van der Waals surface area contributed by atoms with Gasteiger partial charge in [0.25, 0.3) is 0 Å². The van der Waals surface area contributed by atoms with E-state index in [-0.39, 0.29) is 5.82 Å². The molecule has 1 aliphatic carbocycles. The van der Waals surface area contributed by atoms with Gasteiger partial charge in [-0.1, -0.05) is 20.3 Å². The van der Waals surface area contributed by atoms with Crippen LogP contribution in [0.25, 0.3) is 0 Å². The summed E-state index contributed by atoms with van der Waals surface area (Å²) in [6.45, 7) is 5.89. The van der Waals surface area contributed by atoms with Crippen molar-refractivity contribution in [3.05, 3.63) is 23.6 Å². The van der Waals surface area contributed by atoms with E-state index in [1.807, 2.05) is 0 Å². The quantitative estimate of drug-likeness (QED) is 0.866. The molecule has 0 radical (unpaired) electrons. The standard InChI is InChI=1S/C17H28FN3/c1-4-13-6-8-16(9-7-13)21(3)17-14(11-19-5-2)10-15(18)12-20-17/h10,12-13,16,19H,4-9,11H2,1-3H3. The van der Waals surface area contributed by atoms with Gasteiger partial charge in [-0.2, -0.15) is 0 Å². The van der Waals surface area contributed by atoms with Crippen LogP contribution in [0.2, 0.25) is 0 Å². The van der Waals surface area contributed by atoms with Gasteiger partial charge in [-0.05, 0) is 44.2 Å². The predicted octanol–water partition coefficient (Wildman–Crippen LogP) is 3.74. The SMILES string of the molecule is CCNCc1cc(F)cnc1N(C)C1CCC(CC)CC1. The number of nitrogens with one attached hydrogen (secondary N) is 1. The van der Waals surface area contributed by atoms with Gasteiger partial charge in [0, 0.05) is 25.2 Å². The van der Waals surface area contributed by atoms with E-state index in [1.54, 1.807) is 6.07 Å². The molecular formula is C17H28FN3. The maximum absolute atomic E-state index is 13.5. The minimum Gasteiger partial charge on any atom is -0.356 e. The van der Waals surface area contributed by atoms with Crippen molar-refractivity contribution in [1.82, 2.24) is 10.3 Å². The first-order valence-corrected chi connectivity index (χ1v) is 8.23. The average Bonchev–Trinajstić information content (AvgIpc) is 2.52. The lowest BCUT2D eigenvalue weighted by Crippen LogP contribution is -2.36. The van der Waals surface area contributed by atoms with E-state index in [0.29, 0.717) is 12.6 Å². The van der Waals surface area contributed by atoms with Gasteiger partial charge < -0.3 is 10.2 Å². The van der Waals surface area contributed by atoms with Crippen LogP contribution in [-0.4, -0.2) is 24.6 Å². The molecule has 3 nitrogen and oxygen atoms in total. The fourth-order valence-electron chi connectivity index (χ4n) is 3.29. The van der Waals surface area contributed by atoms with Crippen LogP contribution < -0.4 is 10.2 Å². The van der Waals surface area contributed by atoms with Gasteiger partial charge in [0.05, 0.1) is 6.20 Å². The lowest BCUT2D eigenvalue weighted by molar-refractivity contribution is 0.312. The minimum atomic E-state index is -0.255. The topological polar surface area (TPSA) is 28.2 Å². The summed E-state index contributed by atoms with van der Waals surface area (Å²) in [5.74, 6) is 1.56. The third kappa shape index (κ3) is 4.16. The summed E-state index contributed by atoms with van der Waals surface area (Å²) in [5.41, 5.74) is 0.956. The summed E-state index contributed by atoms with van der Waals surface area (Å²) in [4.78, 5) is 6.62. The maximum Gasteiger partial charge on any atom is 0.141 e. The lowest BCUT2D eigenvalue weighted by atomic mass is 9.84. The van der Waals surface area contributed by atoms with Gasteiger partial charge in [0.1, 0.15) is 11.6 Å². The fraction of sp³-hybridized carbons (Fsp3) is 0.706. The van der Waals surface area contributed by atoms with Gasteiger partial charge in [0.2, 0.25) is 0 Å². The molecule has 0 saturated heterocycles. The first-order valence-electron chi connectivity index (χ1n) is 8.23. The van der Waals surface area contributed by atoms with Crippen molar-refractivity contribution in [2.24, 2.45) is 5.92 Å². The molecule has 0 unspecified atom stereocenters. The molecule has 1 aromatic heterocycles. The third-order valence-corrected chi connectivity index (χ3v) is 4.75. The van der Waals surface area contributed by atoms with E-state index in [9.17, 15) is 4.39 Å². The Bertz CT molecular complexity index is 442. The number of halogens is 1. The Hall–Kier alpha value is -1.16. The Morgan fingerprint density at radius 1 is 1.29 bits per heavy atom. The minimum absolute atomic E-state index is 0.255. The molecule has 21 heavy (non-hydrogen) atoms. The van der Waals surface area contributed by atoms with Gasteiger partial charge >= 0.3 is 0 Å². The molecule has 1 aliphatic rings. The van der Waals surface area contributed by atoms with Crippen LogP contribution in [0, 0.1) is 11.7 Å². The molecule has 1 aromatic rings. The van der Waals surface area contributed by atoms with Crippen LogP contribution in [-0.2, 0) is 6.54 Å². The Labute approximate surface area is 127 Å². The number of anilines is 1. The van der Waals surface area contributed by atoms with Crippen LogP contribution >= 0.6 is 0 Å². The number of aromatic nitrogens is 1. The van der Waals surface area contributed by atoms with E-state index in [1.165, 1.54) is 38.3 Å². The average molecular weight is 293 g/mol. The van der Waals surface area contributed by atoms with Crippen molar-refractivity contribution in [3.63, 3.8) is 0 Å². The van der Waals surface area contributed by atoms with Crippen LogP contribution in [0.5, 0.6) is 0 Å². The normalized spacial score (nSPS) is 22.3. The second-order valence-corrected chi connectivity index (χ2v) is 6.11. The monoisotopic (exact) mass is 293 g/mol. The summed E-state index contributed by atoms with van der Waals surface area (Å²) in [6.07, 6.45) is 7.66. The number of hydrogen-bond acceptors (Lipinski definition) is 3. The first-order chi connectivity index (χ1) is 10.2. The van der Waals surface area contributed by atoms with Crippen molar-refractivity contribution < 1.29 is 4.39 Å². The van der Waals surface area contributed by atoms with Crippen LogP contribution in [0.1, 0.15) is 51.5 Å². The molecule has 0 aliphatic heterocycles. The molecule has 4 heteroatoms. The second kappa shape index (κ2) is 7.74. The Morgan fingerprint density at radius 3 is 2.62 bits per heavy atom. The Morgan fingerprint density at radius 2 is 2.00 bits per heavy atom. The van der Waals surface area contributed by atoms with E-state index >= 15 is 0 Å². The zero-order valence-electron chi connectivity index (χ0n) is 13.5. The highest BCUT2D eigenvalue weighted by atomic mass is 19.1. The highest BCUT2D eigenvalue weighted by Crippen LogP contribution is 2.31. The molecule has 0 amide bonds. The number of nitrogens with zero attached hydrogens (tertiary/aromatic N) is 2. The molecule has 0 atom stereocenters. The van der Waals surface area contributed by atoms with Gasteiger partial charge in [-0.15, -0.1) is 0 Å². The first kappa shape index (κ1) is 16.2. The van der Waals surface area contributed by atoms with Crippen LogP contribution in [0.3, 0.4) is 0 Å². The van der Waals surface area contributed by atoms with E-state index in [4.69, 9.17) is 0 Å². The zero-order valence-corrected chi connectivity index (χ0v) is 13.5. The number of pyridine rings is 1. The van der Waals surface area contributed by atoms with Crippen molar-refractivity contribution in [2.75, 3.05) is 18.5 Å². The van der Waals surface area contributed by atoms with Crippen molar-refractivity contribution in [1.29, 1.82) is 0 Å². The molecule has 1 heterocycles. The fourth-order valence-corrected chi connectivity index (χ4v) is 3.29. The van der Waals surface area contributed by atoms with E-state index < -0.39 is 0 Å². The molecule has 0 aromatic carbocycles. The molecule has 0 spiro atoms. The van der Waals surface area contributed by atoms with E-state index in [2.05, 4.69) is 36.1 Å². The molecule has 1 N–H and O–H groups in total. The summed E-state index contributed by atoms with van der Waals surface area (Å²) in [5, 5.41) is 3.27. The van der Waals surface area contributed by atoms with E-state index in [0.717, 1.165) is 23.8 Å². The van der Waals surface area contributed by atoms with Crippen molar-refractivity contribution in [3.8, 4) is 0 Å². The van der Waals surface area contributed by atoms with Gasteiger partial charge in [0.15, 0.2) is 0 Å². The lowest BCUT2D eigenvalue weighted by Gasteiger charge is -2.36. The predicted molar refractivity (Wildman–Crippen MR) is 86.0 cm³/mol. The number of rotatable bonds is 6. The van der Waals surface area contributed by atoms with Gasteiger partial charge in [-0.25, -0.2) is 9.37 Å². The molecule has 1 saturated carbocycles.